The molecule has 104 valence electrons. The third-order valence-electron chi connectivity index (χ3n) is 4.78. The Balaban J connectivity index is 1.99. The summed E-state index contributed by atoms with van der Waals surface area (Å²) in [5.41, 5.74) is 7.68. The summed E-state index contributed by atoms with van der Waals surface area (Å²) in [5.74, 6) is 1.46. The average Bonchev–Trinajstić information content (AvgIpc) is 2.49. The first-order valence-electron chi connectivity index (χ1n) is 7.05. The largest absolute Gasteiger partial charge is 0.487 e. The maximum absolute atomic E-state index is 6.42. The van der Waals surface area contributed by atoms with E-state index in [1.54, 1.807) is 0 Å². The summed E-state index contributed by atoms with van der Waals surface area (Å²) < 4.78 is 6.42. The number of fused-ring (bicyclic) bond motifs is 1. The molecule has 1 spiro atoms. The Bertz CT molecular complexity index is 513. The second kappa shape index (κ2) is 4.13. The minimum atomic E-state index is -0.0935. The molecule has 0 bridgehead atoms. The van der Waals surface area contributed by atoms with Gasteiger partial charge in [0.05, 0.1) is 0 Å². The van der Waals surface area contributed by atoms with Gasteiger partial charge in [0, 0.05) is 23.0 Å². The molecule has 19 heavy (non-hydrogen) atoms. The lowest BCUT2D eigenvalue weighted by molar-refractivity contribution is 0.00184. The smallest absolute Gasteiger partial charge is 0.125 e. The molecule has 3 heteroatoms. The van der Waals surface area contributed by atoms with Crippen molar-refractivity contribution in [2.24, 2.45) is 17.1 Å². The van der Waals surface area contributed by atoms with E-state index >= 15 is 0 Å². The van der Waals surface area contributed by atoms with Gasteiger partial charge in [0.1, 0.15) is 11.4 Å². The summed E-state index contributed by atoms with van der Waals surface area (Å²) in [4.78, 5) is 0. The number of benzene rings is 1. The molecule has 2 N–H and O–H groups in total. The molecule has 2 aliphatic rings. The fraction of sp³-hybridized carbons (Fsp3) is 0.625. The first kappa shape index (κ1) is 13.3. The van der Waals surface area contributed by atoms with Crippen LogP contribution in [0, 0.1) is 11.3 Å². The van der Waals surface area contributed by atoms with Crippen LogP contribution in [0.5, 0.6) is 5.75 Å². The van der Waals surface area contributed by atoms with E-state index in [1.165, 1.54) is 6.42 Å². The molecule has 1 aromatic carbocycles. The molecule has 1 saturated carbocycles. The average molecular weight is 280 g/mol. The van der Waals surface area contributed by atoms with Gasteiger partial charge in [0.2, 0.25) is 0 Å². The molecular formula is C16H22ClNO. The first-order valence-corrected chi connectivity index (χ1v) is 7.43. The fourth-order valence-electron chi connectivity index (χ4n) is 4.13. The van der Waals surface area contributed by atoms with Crippen LogP contribution < -0.4 is 10.5 Å². The summed E-state index contributed by atoms with van der Waals surface area (Å²) in [6.45, 7) is 6.94. The minimum absolute atomic E-state index is 0.0267. The highest BCUT2D eigenvalue weighted by Crippen LogP contribution is 2.55. The van der Waals surface area contributed by atoms with Crippen LogP contribution in [-0.2, 0) is 0 Å². The first-order chi connectivity index (χ1) is 8.81. The summed E-state index contributed by atoms with van der Waals surface area (Å²) >= 11 is 6.06. The van der Waals surface area contributed by atoms with Gasteiger partial charge in [-0.1, -0.05) is 32.4 Å². The fourth-order valence-corrected chi connectivity index (χ4v) is 4.31. The van der Waals surface area contributed by atoms with Crippen LogP contribution >= 0.6 is 11.6 Å². The van der Waals surface area contributed by atoms with Crippen molar-refractivity contribution in [3.8, 4) is 5.75 Å². The van der Waals surface area contributed by atoms with Gasteiger partial charge in [-0.25, -0.2) is 0 Å². The van der Waals surface area contributed by atoms with E-state index in [4.69, 9.17) is 22.1 Å². The Hall–Kier alpha value is -0.730. The van der Waals surface area contributed by atoms with Gasteiger partial charge in [-0.2, -0.15) is 0 Å². The van der Waals surface area contributed by atoms with Crippen molar-refractivity contribution in [2.45, 2.75) is 51.7 Å². The van der Waals surface area contributed by atoms with E-state index < -0.39 is 0 Å². The molecule has 0 saturated heterocycles. The number of hydrogen-bond donors (Lipinski definition) is 1. The van der Waals surface area contributed by atoms with E-state index in [0.717, 1.165) is 29.2 Å². The van der Waals surface area contributed by atoms with Crippen LogP contribution in [0.4, 0.5) is 0 Å². The molecule has 1 aliphatic heterocycles. The van der Waals surface area contributed by atoms with Crippen LogP contribution in [0.15, 0.2) is 18.2 Å². The normalized spacial score (nSPS) is 36.1. The molecule has 3 rings (SSSR count). The number of nitrogens with two attached hydrogens (primary N) is 1. The highest BCUT2D eigenvalue weighted by Gasteiger charge is 2.53. The maximum atomic E-state index is 6.42. The van der Waals surface area contributed by atoms with Crippen molar-refractivity contribution in [2.75, 3.05) is 0 Å². The molecule has 2 unspecified atom stereocenters. The van der Waals surface area contributed by atoms with Crippen LogP contribution in [0.2, 0.25) is 5.02 Å². The third-order valence-corrected chi connectivity index (χ3v) is 5.02. The number of ether oxygens (including phenoxy) is 1. The molecule has 1 aliphatic carbocycles. The van der Waals surface area contributed by atoms with E-state index in [2.05, 4.69) is 20.8 Å². The topological polar surface area (TPSA) is 35.2 Å². The van der Waals surface area contributed by atoms with Crippen molar-refractivity contribution < 1.29 is 4.74 Å². The van der Waals surface area contributed by atoms with Crippen LogP contribution in [-0.4, -0.2) is 5.60 Å². The lowest BCUT2D eigenvalue weighted by atomic mass is 9.80. The Morgan fingerprint density at radius 3 is 2.68 bits per heavy atom. The predicted molar refractivity (Wildman–Crippen MR) is 78.5 cm³/mol. The maximum Gasteiger partial charge on any atom is 0.125 e. The summed E-state index contributed by atoms with van der Waals surface area (Å²) in [5, 5.41) is 0.730. The van der Waals surface area contributed by atoms with Gasteiger partial charge in [-0.3, -0.25) is 0 Å². The van der Waals surface area contributed by atoms with Gasteiger partial charge in [-0.15, -0.1) is 0 Å². The van der Waals surface area contributed by atoms with Crippen molar-refractivity contribution in [3.05, 3.63) is 28.8 Å². The van der Waals surface area contributed by atoms with Gasteiger partial charge >= 0.3 is 0 Å². The standard InChI is InChI=1S/C16H22ClNO/c1-10-7-15(2,3)9-16(10)8-13(18)12-6-11(17)4-5-14(12)19-16/h4-6,10,13H,7-9,18H2,1-3H3/t10?,13-,16?/m1/s1. The van der Waals surface area contributed by atoms with E-state index in [0.29, 0.717) is 11.3 Å². The molecule has 3 atom stereocenters. The second-order valence-corrected chi connectivity index (χ2v) is 7.54. The van der Waals surface area contributed by atoms with Gasteiger partial charge in [0.25, 0.3) is 0 Å². The Labute approximate surface area is 120 Å². The van der Waals surface area contributed by atoms with Crippen molar-refractivity contribution in [1.82, 2.24) is 0 Å². The zero-order valence-electron chi connectivity index (χ0n) is 11.9. The lowest BCUT2D eigenvalue weighted by Crippen LogP contribution is -2.45. The monoisotopic (exact) mass is 279 g/mol. The molecule has 0 aromatic heterocycles. The molecule has 2 nitrogen and oxygen atoms in total. The SMILES string of the molecule is CC1CC(C)(C)CC12C[C@@H](N)c1cc(Cl)ccc1O2. The zero-order chi connectivity index (χ0) is 13.8. The van der Waals surface area contributed by atoms with Gasteiger partial charge < -0.3 is 10.5 Å². The van der Waals surface area contributed by atoms with Crippen molar-refractivity contribution >= 4 is 11.6 Å². The number of halogens is 1. The second-order valence-electron chi connectivity index (χ2n) is 7.11. The third kappa shape index (κ3) is 2.15. The lowest BCUT2D eigenvalue weighted by Gasteiger charge is -2.42. The van der Waals surface area contributed by atoms with Crippen LogP contribution in [0.1, 0.15) is 51.6 Å². The quantitative estimate of drug-likeness (QED) is 0.768. The molecule has 1 fully saturated rings. The zero-order valence-corrected chi connectivity index (χ0v) is 12.6. The highest BCUT2D eigenvalue weighted by atomic mass is 35.5. The molecule has 0 radical (unpaired) electrons. The summed E-state index contributed by atoms with van der Waals surface area (Å²) in [6.07, 6.45) is 3.17. The van der Waals surface area contributed by atoms with E-state index in [1.807, 2.05) is 18.2 Å². The number of rotatable bonds is 0. The number of hydrogen-bond acceptors (Lipinski definition) is 2. The Kier molecular flexibility index (Phi) is 2.88. The van der Waals surface area contributed by atoms with Crippen molar-refractivity contribution in [1.29, 1.82) is 0 Å². The highest BCUT2D eigenvalue weighted by molar-refractivity contribution is 6.30. The Morgan fingerprint density at radius 1 is 1.32 bits per heavy atom. The van der Waals surface area contributed by atoms with Gasteiger partial charge in [-0.05, 0) is 42.4 Å². The molecular weight excluding hydrogens is 258 g/mol. The van der Waals surface area contributed by atoms with Gasteiger partial charge in [0.15, 0.2) is 0 Å². The minimum Gasteiger partial charge on any atom is -0.487 e. The van der Waals surface area contributed by atoms with E-state index in [-0.39, 0.29) is 11.6 Å². The molecule has 0 amide bonds. The predicted octanol–water partition coefficient (Wildman–Crippen LogP) is 4.32. The molecule has 1 heterocycles. The van der Waals surface area contributed by atoms with Crippen LogP contribution in [0.25, 0.3) is 0 Å². The van der Waals surface area contributed by atoms with E-state index in [9.17, 15) is 0 Å². The summed E-state index contributed by atoms with van der Waals surface area (Å²) in [6, 6.07) is 5.82. The van der Waals surface area contributed by atoms with Crippen molar-refractivity contribution in [3.63, 3.8) is 0 Å². The Morgan fingerprint density at radius 2 is 2.05 bits per heavy atom. The summed E-state index contributed by atoms with van der Waals surface area (Å²) in [7, 11) is 0. The molecule has 1 aromatic rings. The van der Waals surface area contributed by atoms with Crippen LogP contribution in [0.3, 0.4) is 0 Å².